The Balaban J connectivity index is 0.000000745. The first-order valence-electron chi connectivity index (χ1n) is 6.86. The van der Waals surface area contributed by atoms with E-state index in [1.165, 1.54) is 0 Å². The first kappa shape index (κ1) is 18.7. The van der Waals surface area contributed by atoms with E-state index in [9.17, 15) is 13.5 Å². The maximum Gasteiger partial charge on any atom is 0.336 e. The third-order valence-electron chi connectivity index (χ3n) is 2.92. The normalized spacial score (nSPS) is 17.6. The average molecular weight is 333 g/mol. The van der Waals surface area contributed by atoms with Crippen molar-refractivity contribution in [2.24, 2.45) is 0 Å². The number of hydrogen-bond acceptors (Lipinski definition) is 7. The van der Waals surface area contributed by atoms with Crippen LogP contribution in [0.3, 0.4) is 0 Å². The Bertz CT molecular complexity index is 558. The highest BCUT2D eigenvalue weighted by atomic mass is 32.2. The fourth-order valence-electron chi connectivity index (χ4n) is 1.89. The Morgan fingerprint density at radius 2 is 1.82 bits per heavy atom. The van der Waals surface area contributed by atoms with Crippen molar-refractivity contribution in [1.82, 2.24) is 19.6 Å². The van der Waals surface area contributed by atoms with Crippen LogP contribution in [0.15, 0.2) is 12.3 Å². The molecule has 3 N–H and O–H groups in total. The first-order chi connectivity index (χ1) is 10.3. The van der Waals surface area contributed by atoms with Crippen molar-refractivity contribution in [2.45, 2.75) is 13.0 Å². The molecule has 0 aliphatic carbocycles. The molecule has 0 bridgehead atoms. The molecule has 2 heterocycles. The third-order valence-corrected chi connectivity index (χ3v) is 3.94. The maximum atomic E-state index is 11.0. The van der Waals surface area contributed by atoms with Crippen molar-refractivity contribution in [3.63, 3.8) is 0 Å². The van der Waals surface area contributed by atoms with Crippen LogP contribution in [-0.2, 0) is 10.3 Å². The lowest BCUT2D eigenvalue weighted by atomic mass is 10.3. The van der Waals surface area contributed by atoms with Crippen molar-refractivity contribution in [2.75, 3.05) is 45.2 Å². The molecule has 0 saturated carbocycles. The fourth-order valence-corrected chi connectivity index (χ4v) is 2.51. The van der Waals surface area contributed by atoms with E-state index in [1.807, 2.05) is 19.0 Å². The third kappa shape index (κ3) is 5.46. The molecule has 126 valence electrons. The van der Waals surface area contributed by atoms with Crippen LogP contribution in [-0.4, -0.2) is 72.6 Å². The van der Waals surface area contributed by atoms with E-state index in [0.717, 1.165) is 4.31 Å². The Morgan fingerprint density at radius 1 is 1.27 bits per heavy atom. The van der Waals surface area contributed by atoms with Gasteiger partial charge in [0.25, 0.3) is 0 Å². The average Bonchev–Trinajstić information content (AvgIpc) is 2.47. The molecule has 1 aliphatic rings. The summed E-state index contributed by atoms with van der Waals surface area (Å²) in [6.07, 6.45) is 0.804. The molecule has 1 aromatic heterocycles. The lowest BCUT2D eigenvalue weighted by molar-refractivity contribution is 0.189. The molecule has 1 fully saturated rings. The second-order valence-corrected chi connectivity index (χ2v) is 6.22. The topological polar surface area (TPSA) is 119 Å². The van der Waals surface area contributed by atoms with Crippen molar-refractivity contribution in [3.05, 3.63) is 18.1 Å². The fraction of sp³-hybridized carbons (Fsp3) is 0.667. The lowest BCUT2D eigenvalue weighted by Crippen LogP contribution is -2.48. The summed E-state index contributed by atoms with van der Waals surface area (Å²) in [5.41, 5.74) is 0. The van der Waals surface area contributed by atoms with Gasteiger partial charge in [-0.05, 0) is 27.1 Å². The van der Waals surface area contributed by atoms with Gasteiger partial charge in [0.05, 0.1) is 0 Å². The predicted molar refractivity (Wildman–Crippen MR) is 83.0 cm³/mol. The van der Waals surface area contributed by atoms with Gasteiger partial charge >= 0.3 is 10.3 Å². The zero-order valence-electron chi connectivity index (χ0n) is 13.0. The number of piperazine rings is 1. The number of aromatic nitrogens is 2. The predicted octanol–water partition coefficient (Wildman–Crippen LogP) is -0.710. The summed E-state index contributed by atoms with van der Waals surface area (Å²) in [6, 6.07) is 1.70. The number of aliphatic hydroxyl groups excluding tert-OH is 1. The van der Waals surface area contributed by atoms with Crippen molar-refractivity contribution >= 4 is 16.1 Å². The number of nitrogens with one attached hydrogen (secondary N) is 1. The molecule has 0 radical (unpaired) electrons. The zero-order chi connectivity index (χ0) is 16.8. The zero-order valence-corrected chi connectivity index (χ0v) is 13.8. The van der Waals surface area contributed by atoms with Gasteiger partial charge in [0.15, 0.2) is 5.82 Å². The van der Waals surface area contributed by atoms with Crippen LogP contribution >= 0.6 is 0 Å². The van der Waals surface area contributed by atoms with Crippen molar-refractivity contribution < 1.29 is 18.1 Å². The summed E-state index contributed by atoms with van der Waals surface area (Å²) in [6.45, 7) is 2.83. The van der Waals surface area contributed by atoms with Gasteiger partial charge in [-0.15, -0.1) is 0 Å². The quantitative estimate of drug-likeness (QED) is 0.621. The second-order valence-electron chi connectivity index (χ2n) is 4.81. The number of rotatable bonds is 3. The molecule has 0 spiro atoms. The van der Waals surface area contributed by atoms with Gasteiger partial charge in [-0.2, -0.15) is 12.7 Å². The Labute approximate surface area is 130 Å². The molecule has 2 rings (SSSR count). The van der Waals surface area contributed by atoms with Crippen LogP contribution in [0.2, 0.25) is 0 Å². The molecule has 1 atom stereocenters. The van der Waals surface area contributed by atoms with E-state index < -0.39 is 16.4 Å². The Morgan fingerprint density at radius 3 is 2.27 bits per heavy atom. The molecule has 0 aromatic carbocycles. The molecular weight excluding hydrogens is 310 g/mol. The summed E-state index contributed by atoms with van der Waals surface area (Å²) in [5.74, 6) is 0.968. The minimum Gasteiger partial charge on any atom is -0.385 e. The number of anilines is 1. The van der Waals surface area contributed by atoms with E-state index in [4.69, 9.17) is 4.55 Å². The summed E-state index contributed by atoms with van der Waals surface area (Å²) in [4.78, 5) is 10.1. The van der Waals surface area contributed by atoms with Crippen molar-refractivity contribution in [1.29, 1.82) is 0 Å². The van der Waals surface area contributed by atoms with E-state index >= 15 is 0 Å². The lowest BCUT2D eigenvalue weighted by Gasteiger charge is -2.33. The van der Waals surface area contributed by atoms with E-state index in [0.29, 0.717) is 24.7 Å². The Hall–Kier alpha value is -1.33. The van der Waals surface area contributed by atoms with Gasteiger partial charge in [-0.3, -0.25) is 4.55 Å². The van der Waals surface area contributed by atoms with Gasteiger partial charge in [-0.1, -0.05) is 0 Å². The maximum absolute atomic E-state index is 11.0. The molecule has 1 aliphatic heterocycles. The van der Waals surface area contributed by atoms with Crippen molar-refractivity contribution in [3.8, 4) is 0 Å². The molecule has 0 amide bonds. The molecule has 1 saturated heterocycles. The smallest absolute Gasteiger partial charge is 0.336 e. The molecule has 1 aromatic rings. The van der Waals surface area contributed by atoms with Crippen LogP contribution in [0.4, 0.5) is 5.82 Å². The second kappa shape index (κ2) is 8.34. The molecule has 22 heavy (non-hydrogen) atoms. The monoisotopic (exact) mass is 333 g/mol. The van der Waals surface area contributed by atoms with Crippen LogP contribution < -0.4 is 10.2 Å². The summed E-state index contributed by atoms with van der Waals surface area (Å²) < 4.78 is 31.9. The SMILES string of the molecule is CC(O)c1nccc(N2CCN(S(=O)(=O)O)CC2)n1.CNC. The summed E-state index contributed by atoms with van der Waals surface area (Å²) in [5, 5.41) is 12.2. The standard InChI is InChI=1S/C10H16N4O4S.C2H7N/c1-8(15)10-11-3-2-9(12-10)13-4-6-14(7-5-13)19(16,17)18;1-3-2/h2-3,8,15H,4-7H2,1H3,(H,16,17,18);3H,1-2H3. The van der Waals surface area contributed by atoms with Crippen LogP contribution in [0.5, 0.6) is 0 Å². The highest BCUT2D eigenvalue weighted by Gasteiger charge is 2.25. The van der Waals surface area contributed by atoms with Gasteiger partial charge in [0, 0.05) is 32.4 Å². The summed E-state index contributed by atoms with van der Waals surface area (Å²) >= 11 is 0. The minimum absolute atomic E-state index is 0.201. The first-order valence-corrected chi connectivity index (χ1v) is 8.26. The molecule has 1 unspecified atom stereocenters. The number of hydrogen-bond donors (Lipinski definition) is 3. The largest absolute Gasteiger partial charge is 0.385 e. The minimum atomic E-state index is -4.12. The van der Waals surface area contributed by atoms with Gasteiger partial charge < -0.3 is 15.3 Å². The molecule has 9 nitrogen and oxygen atoms in total. The Kier molecular flexibility index (Phi) is 7.10. The number of aliphatic hydroxyl groups is 1. The van der Waals surface area contributed by atoms with Crippen LogP contribution in [0, 0.1) is 0 Å². The van der Waals surface area contributed by atoms with Crippen LogP contribution in [0.1, 0.15) is 18.9 Å². The van der Waals surface area contributed by atoms with E-state index in [1.54, 1.807) is 19.2 Å². The van der Waals surface area contributed by atoms with Gasteiger partial charge in [0.1, 0.15) is 11.9 Å². The number of nitrogens with zero attached hydrogens (tertiary/aromatic N) is 4. The summed E-state index contributed by atoms with van der Waals surface area (Å²) in [7, 11) is -0.369. The van der Waals surface area contributed by atoms with Gasteiger partial charge in [-0.25, -0.2) is 9.97 Å². The van der Waals surface area contributed by atoms with Gasteiger partial charge in [0.2, 0.25) is 0 Å². The molecular formula is C12H23N5O4S. The van der Waals surface area contributed by atoms with E-state index in [-0.39, 0.29) is 13.1 Å². The van der Waals surface area contributed by atoms with Crippen LogP contribution in [0.25, 0.3) is 0 Å². The van der Waals surface area contributed by atoms with E-state index in [2.05, 4.69) is 15.3 Å². The highest BCUT2D eigenvalue weighted by Crippen LogP contribution is 2.16. The molecule has 10 heteroatoms. The highest BCUT2D eigenvalue weighted by molar-refractivity contribution is 7.83.